The van der Waals surface area contributed by atoms with E-state index in [0.29, 0.717) is 5.82 Å². The highest BCUT2D eigenvalue weighted by molar-refractivity contribution is 6.15. The Bertz CT molecular complexity index is 913. The molecule has 1 N–H and O–H groups in total. The second kappa shape index (κ2) is 8.90. The second-order valence-corrected chi connectivity index (χ2v) is 6.67. The molecule has 2 aromatic rings. The Morgan fingerprint density at radius 3 is 2.57 bits per heavy atom. The number of carbonyl (C=O) groups is 2. The molecule has 1 amide bonds. The highest BCUT2D eigenvalue weighted by Crippen LogP contribution is 2.16. The summed E-state index contributed by atoms with van der Waals surface area (Å²) in [5.74, 6) is -1.06. The molecule has 0 spiro atoms. The molecule has 9 heteroatoms. The van der Waals surface area contributed by atoms with Gasteiger partial charge in [-0.3, -0.25) is 4.79 Å². The van der Waals surface area contributed by atoms with E-state index in [-0.39, 0.29) is 11.6 Å². The lowest BCUT2D eigenvalue weighted by atomic mass is 9.90. The molecular weight excluding hydrogens is 360 g/mol. The number of carbonyl (C=O) groups excluding carboxylic acids is 2. The maximum atomic E-state index is 12.6. The molecule has 9 nitrogen and oxygen atoms in total. The van der Waals surface area contributed by atoms with E-state index in [1.54, 1.807) is 32.1 Å². The van der Waals surface area contributed by atoms with Crippen LogP contribution in [0, 0.1) is 24.2 Å². The van der Waals surface area contributed by atoms with Crippen LogP contribution >= 0.6 is 0 Å². The van der Waals surface area contributed by atoms with Gasteiger partial charge in [-0.25, -0.2) is 4.79 Å². The molecule has 0 bridgehead atoms. The van der Waals surface area contributed by atoms with E-state index >= 15 is 0 Å². The zero-order chi connectivity index (χ0) is 20.7. The van der Waals surface area contributed by atoms with E-state index in [4.69, 9.17) is 4.74 Å². The summed E-state index contributed by atoms with van der Waals surface area (Å²) < 4.78 is 6.38. The van der Waals surface area contributed by atoms with Crippen molar-refractivity contribution in [1.82, 2.24) is 25.5 Å². The van der Waals surface area contributed by atoms with Crippen LogP contribution in [-0.4, -0.2) is 44.2 Å². The Morgan fingerprint density at radius 2 is 2.04 bits per heavy atom. The molecule has 28 heavy (non-hydrogen) atoms. The Kier molecular flexibility index (Phi) is 6.60. The van der Waals surface area contributed by atoms with Crippen molar-refractivity contribution in [3.8, 4) is 6.07 Å². The van der Waals surface area contributed by atoms with Crippen LogP contribution in [0.3, 0.4) is 0 Å². The van der Waals surface area contributed by atoms with Gasteiger partial charge in [-0.15, -0.1) is 5.10 Å². The fraction of sp³-hybridized carbons (Fsp3) is 0.368. The molecule has 0 aliphatic rings. The number of benzene rings is 1. The minimum atomic E-state index is -1.06. The Morgan fingerprint density at radius 1 is 1.36 bits per heavy atom. The standard InChI is InChI=1S/C19H22N6O3/c1-13(2)19(4,12-20)21-17(26)11-28-18(27)16(25-14(3)22-23-24-25)10-15-8-6-5-7-9-15/h5-10,13H,11H2,1-4H3,(H,21,26)/b16-10-/t19-/m1/s1. The first-order chi connectivity index (χ1) is 13.3. The lowest BCUT2D eigenvalue weighted by molar-refractivity contribution is -0.143. The highest BCUT2D eigenvalue weighted by atomic mass is 16.5. The number of hydrogen-bond acceptors (Lipinski definition) is 7. The number of ether oxygens (including phenoxy) is 1. The summed E-state index contributed by atoms with van der Waals surface area (Å²) in [6.45, 7) is 6.35. The molecule has 1 atom stereocenters. The lowest BCUT2D eigenvalue weighted by Crippen LogP contribution is -2.50. The topological polar surface area (TPSA) is 123 Å². The van der Waals surface area contributed by atoms with Crippen LogP contribution in [-0.2, 0) is 14.3 Å². The van der Waals surface area contributed by atoms with E-state index in [1.165, 1.54) is 4.68 Å². The third-order valence-electron chi connectivity index (χ3n) is 4.29. The van der Waals surface area contributed by atoms with Crippen molar-refractivity contribution >= 4 is 23.6 Å². The number of tetrazole rings is 1. The van der Waals surface area contributed by atoms with Gasteiger partial charge >= 0.3 is 5.97 Å². The lowest BCUT2D eigenvalue weighted by Gasteiger charge is -2.27. The molecule has 0 radical (unpaired) electrons. The average Bonchev–Trinajstić information content (AvgIpc) is 3.10. The van der Waals surface area contributed by atoms with Crippen molar-refractivity contribution in [2.75, 3.05) is 6.61 Å². The number of nitriles is 1. The first-order valence-electron chi connectivity index (χ1n) is 8.68. The van der Waals surface area contributed by atoms with Crippen LogP contribution in [0.1, 0.15) is 32.2 Å². The van der Waals surface area contributed by atoms with Gasteiger partial charge in [0.1, 0.15) is 5.54 Å². The highest BCUT2D eigenvalue weighted by Gasteiger charge is 2.30. The third kappa shape index (κ3) is 5.01. The van der Waals surface area contributed by atoms with E-state index < -0.39 is 24.0 Å². The number of amides is 1. The molecule has 1 aromatic heterocycles. The molecule has 0 saturated carbocycles. The zero-order valence-corrected chi connectivity index (χ0v) is 16.2. The van der Waals surface area contributed by atoms with Crippen LogP contribution in [0.25, 0.3) is 11.8 Å². The molecule has 0 fully saturated rings. The summed E-state index contributed by atoms with van der Waals surface area (Å²) >= 11 is 0. The van der Waals surface area contributed by atoms with Gasteiger partial charge in [-0.2, -0.15) is 9.94 Å². The second-order valence-electron chi connectivity index (χ2n) is 6.67. The summed E-state index contributed by atoms with van der Waals surface area (Å²) in [5, 5.41) is 23.0. The Labute approximate surface area is 163 Å². The first kappa shape index (κ1) is 20.8. The minimum Gasteiger partial charge on any atom is -0.451 e. The minimum absolute atomic E-state index is 0.0633. The summed E-state index contributed by atoms with van der Waals surface area (Å²) in [4.78, 5) is 24.8. The van der Waals surface area contributed by atoms with Crippen LogP contribution in [0.5, 0.6) is 0 Å². The molecule has 0 aliphatic carbocycles. The van der Waals surface area contributed by atoms with Crippen molar-refractivity contribution in [3.05, 3.63) is 41.7 Å². The van der Waals surface area contributed by atoms with Crippen molar-refractivity contribution < 1.29 is 14.3 Å². The summed E-state index contributed by atoms with van der Waals surface area (Å²) in [7, 11) is 0. The molecule has 146 valence electrons. The van der Waals surface area contributed by atoms with Gasteiger partial charge in [0.15, 0.2) is 18.1 Å². The van der Waals surface area contributed by atoms with Crippen molar-refractivity contribution in [1.29, 1.82) is 5.26 Å². The molecule has 0 unspecified atom stereocenters. The van der Waals surface area contributed by atoms with Crippen LogP contribution in [0.15, 0.2) is 30.3 Å². The number of rotatable bonds is 7. The van der Waals surface area contributed by atoms with Gasteiger partial charge in [0.2, 0.25) is 0 Å². The largest absolute Gasteiger partial charge is 0.451 e. The molecule has 1 aromatic carbocycles. The molecule has 0 saturated heterocycles. The predicted octanol–water partition coefficient (Wildman–Crippen LogP) is 1.58. The zero-order valence-electron chi connectivity index (χ0n) is 16.2. The maximum Gasteiger partial charge on any atom is 0.357 e. The number of esters is 1. The number of aryl methyl sites for hydroxylation is 1. The SMILES string of the molecule is Cc1nnnn1/C(=C\c1ccccc1)C(=O)OCC(=O)N[C@](C)(C#N)C(C)C. The maximum absolute atomic E-state index is 12.6. The monoisotopic (exact) mass is 382 g/mol. The summed E-state index contributed by atoms with van der Waals surface area (Å²) in [5.41, 5.74) is -0.252. The van der Waals surface area contributed by atoms with Gasteiger partial charge in [-0.1, -0.05) is 44.2 Å². The van der Waals surface area contributed by atoms with Crippen LogP contribution < -0.4 is 5.32 Å². The predicted molar refractivity (Wildman–Crippen MR) is 101 cm³/mol. The van der Waals surface area contributed by atoms with E-state index in [1.807, 2.05) is 32.0 Å². The Hall–Kier alpha value is -3.54. The van der Waals surface area contributed by atoms with E-state index in [9.17, 15) is 14.9 Å². The number of nitrogens with zero attached hydrogens (tertiary/aromatic N) is 5. The van der Waals surface area contributed by atoms with Crippen LogP contribution in [0.4, 0.5) is 0 Å². The number of hydrogen-bond donors (Lipinski definition) is 1. The van der Waals surface area contributed by atoms with Crippen molar-refractivity contribution in [3.63, 3.8) is 0 Å². The van der Waals surface area contributed by atoms with Gasteiger partial charge in [0, 0.05) is 0 Å². The van der Waals surface area contributed by atoms with Crippen molar-refractivity contribution in [2.24, 2.45) is 5.92 Å². The summed E-state index contributed by atoms with van der Waals surface area (Å²) in [6.07, 6.45) is 1.57. The fourth-order valence-corrected chi connectivity index (χ4v) is 2.20. The van der Waals surface area contributed by atoms with Gasteiger partial charge in [0.25, 0.3) is 5.91 Å². The van der Waals surface area contributed by atoms with Gasteiger partial charge < -0.3 is 10.1 Å². The molecule has 0 aliphatic heterocycles. The third-order valence-corrected chi connectivity index (χ3v) is 4.29. The van der Waals surface area contributed by atoms with E-state index in [0.717, 1.165) is 5.56 Å². The smallest absolute Gasteiger partial charge is 0.357 e. The number of aromatic nitrogens is 4. The normalized spacial score (nSPS) is 13.5. The van der Waals surface area contributed by atoms with Gasteiger partial charge in [-0.05, 0) is 41.8 Å². The van der Waals surface area contributed by atoms with E-state index in [2.05, 4.69) is 26.9 Å². The molecule has 1 heterocycles. The first-order valence-corrected chi connectivity index (χ1v) is 8.68. The average molecular weight is 382 g/mol. The quantitative estimate of drug-likeness (QED) is 0.569. The fourth-order valence-electron chi connectivity index (χ4n) is 2.20. The Balaban J connectivity index is 2.16. The van der Waals surface area contributed by atoms with Crippen molar-refractivity contribution in [2.45, 2.75) is 33.2 Å². The molecular formula is C19H22N6O3. The van der Waals surface area contributed by atoms with Gasteiger partial charge in [0.05, 0.1) is 6.07 Å². The molecule has 2 rings (SSSR count). The number of nitrogens with one attached hydrogen (secondary N) is 1. The summed E-state index contributed by atoms with van der Waals surface area (Å²) in [6, 6.07) is 11.2. The van der Waals surface area contributed by atoms with Crippen LogP contribution in [0.2, 0.25) is 0 Å².